The summed E-state index contributed by atoms with van der Waals surface area (Å²) in [6.07, 6.45) is 1.70. The van der Waals surface area contributed by atoms with Gasteiger partial charge in [-0.1, -0.05) is 53.2 Å². The topological polar surface area (TPSA) is 80.0 Å². The molecule has 2 N–H and O–H groups in total. The van der Waals surface area contributed by atoms with Crippen LogP contribution in [0.2, 0.25) is 10.0 Å². The summed E-state index contributed by atoms with van der Waals surface area (Å²) >= 11 is 13.1. The average molecular weight is 435 g/mol. The Balaban J connectivity index is 1.74. The van der Waals surface area contributed by atoms with E-state index in [0.29, 0.717) is 38.8 Å². The molecule has 3 aromatic rings. The van der Waals surface area contributed by atoms with E-state index in [1.807, 2.05) is 0 Å². The van der Waals surface area contributed by atoms with E-state index >= 15 is 0 Å². The summed E-state index contributed by atoms with van der Waals surface area (Å²) in [7, 11) is 0. The van der Waals surface area contributed by atoms with Crippen molar-refractivity contribution in [2.75, 3.05) is 11.1 Å². The molecule has 1 aromatic heterocycles. The smallest absolute Gasteiger partial charge is 0.234 e. The van der Waals surface area contributed by atoms with Gasteiger partial charge in [0.15, 0.2) is 11.0 Å². The number of aromatic nitrogens is 3. The Morgan fingerprint density at radius 2 is 1.93 bits per heavy atom. The summed E-state index contributed by atoms with van der Waals surface area (Å²) in [5.74, 6) is 0.482. The molecular formula is C19H16Cl2N4O2S. The van der Waals surface area contributed by atoms with Gasteiger partial charge in [-0.2, -0.15) is 0 Å². The van der Waals surface area contributed by atoms with Crippen molar-refractivity contribution in [1.29, 1.82) is 0 Å². The van der Waals surface area contributed by atoms with Crippen molar-refractivity contribution in [3.63, 3.8) is 0 Å². The van der Waals surface area contributed by atoms with Gasteiger partial charge < -0.3 is 10.4 Å². The van der Waals surface area contributed by atoms with Gasteiger partial charge in [-0.15, -0.1) is 16.8 Å². The third-order valence-electron chi connectivity index (χ3n) is 3.65. The van der Waals surface area contributed by atoms with Crippen LogP contribution in [0.3, 0.4) is 0 Å². The SMILES string of the molecule is C=CCn1c(SCC(=O)Nc2cc(Cl)cc(Cl)c2)nnc1-c1ccccc1O. The summed E-state index contributed by atoms with van der Waals surface area (Å²) in [5.41, 5.74) is 1.08. The molecule has 0 aliphatic heterocycles. The number of hydrogen-bond acceptors (Lipinski definition) is 5. The Bertz CT molecular complexity index is 1000. The Morgan fingerprint density at radius 1 is 1.21 bits per heavy atom. The van der Waals surface area contributed by atoms with Gasteiger partial charge >= 0.3 is 0 Å². The number of para-hydroxylation sites is 1. The molecule has 0 spiro atoms. The van der Waals surface area contributed by atoms with Gasteiger partial charge in [0.1, 0.15) is 5.75 Å². The maximum absolute atomic E-state index is 12.3. The van der Waals surface area contributed by atoms with E-state index in [4.69, 9.17) is 23.2 Å². The Kier molecular flexibility index (Phi) is 6.61. The van der Waals surface area contributed by atoms with Crippen LogP contribution in [-0.4, -0.2) is 31.5 Å². The van der Waals surface area contributed by atoms with E-state index in [0.717, 1.165) is 0 Å². The molecule has 1 amide bonds. The molecule has 6 nitrogen and oxygen atoms in total. The maximum atomic E-state index is 12.3. The van der Waals surface area contributed by atoms with Crippen LogP contribution in [0.15, 0.2) is 60.3 Å². The molecule has 0 saturated carbocycles. The number of allylic oxidation sites excluding steroid dienone is 1. The molecule has 0 fully saturated rings. The van der Waals surface area contributed by atoms with Crippen LogP contribution in [0.25, 0.3) is 11.4 Å². The standard InChI is InChI=1S/C19H16Cl2N4O2S/c1-2-7-25-18(15-5-3-4-6-16(15)26)23-24-19(25)28-11-17(27)22-14-9-12(20)8-13(21)10-14/h2-6,8-10,26H,1,7,11H2,(H,22,27). The summed E-state index contributed by atoms with van der Waals surface area (Å²) in [4.78, 5) is 12.3. The van der Waals surface area contributed by atoms with Crippen LogP contribution in [0, 0.1) is 0 Å². The number of phenolic OH excluding ortho intramolecular Hbond substituents is 1. The van der Waals surface area contributed by atoms with Gasteiger partial charge in [-0.25, -0.2) is 0 Å². The molecule has 1 heterocycles. The lowest BCUT2D eigenvalue weighted by Crippen LogP contribution is -2.14. The van der Waals surface area contributed by atoms with Crippen molar-refractivity contribution in [2.45, 2.75) is 11.7 Å². The second-order valence-electron chi connectivity index (χ2n) is 5.72. The summed E-state index contributed by atoms with van der Waals surface area (Å²) in [6.45, 7) is 4.18. The number of hydrogen-bond donors (Lipinski definition) is 2. The van der Waals surface area contributed by atoms with Crippen molar-refractivity contribution in [3.05, 3.63) is 65.2 Å². The first kappa shape index (κ1) is 20.3. The highest BCUT2D eigenvalue weighted by molar-refractivity contribution is 7.99. The quantitative estimate of drug-likeness (QED) is 0.409. The first-order valence-corrected chi connectivity index (χ1v) is 9.93. The largest absolute Gasteiger partial charge is 0.507 e. The molecule has 28 heavy (non-hydrogen) atoms. The molecule has 0 atom stereocenters. The third kappa shape index (κ3) is 4.86. The normalized spacial score (nSPS) is 10.6. The zero-order valence-electron chi connectivity index (χ0n) is 14.6. The fourth-order valence-corrected chi connectivity index (χ4v) is 3.78. The zero-order valence-corrected chi connectivity index (χ0v) is 16.9. The lowest BCUT2D eigenvalue weighted by molar-refractivity contribution is -0.113. The number of rotatable bonds is 7. The third-order valence-corrected chi connectivity index (χ3v) is 5.06. The Morgan fingerprint density at radius 3 is 2.61 bits per heavy atom. The van der Waals surface area contributed by atoms with Gasteiger partial charge in [0, 0.05) is 22.3 Å². The first-order chi connectivity index (χ1) is 13.5. The lowest BCUT2D eigenvalue weighted by Gasteiger charge is -2.09. The van der Waals surface area contributed by atoms with E-state index in [1.165, 1.54) is 11.8 Å². The molecule has 0 unspecified atom stereocenters. The van der Waals surface area contributed by atoms with Crippen molar-refractivity contribution in [3.8, 4) is 17.1 Å². The maximum Gasteiger partial charge on any atom is 0.234 e. The fraction of sp³-hybridized carbons (Fsp3) is 0.105. The van der Waals surface area contributed by atoms with Gasteiger partial charge in [-0.05, 0) is 30.3 Å². The van der Waals surface area contributed by atoms with Crippen LogP contribution < -0.4 is 5.32 Å². The van der Waals surface area contributed by atoms with Gasteiger partial charge in [-0.3, -0.25) is 9.36 Å². The average Bonchev–Trinajstić information content (AvgIpc) is 3.02. The van der Waals surface area contributed by atoms with Crippen molar-refractivity contribution >= 4 is 46.6 Å². The minimum Gasteiger partial charge on any atom is -0.507 e. The van der Waals surface area contributed by atoms with Crippen molar-refractivity contribution in [1.82, 2.24) is 14.8 Å². The lowest BCUT2D eigenvalue weighted by atomic mass is 10.2. The van der Waals surface area contributed by atoms with E-state index < -0.39 is 0 Å². The van der Waals surface area contributed by atoms with E-state index in [2.05, 4.69) is 22.1 Å². The summed E-state index contributed by atoms with van der Waals surface area (Å²) in [6, 6.07) is 11.7. The van der Waals surface area contributed by atoms with E-state index in [9.17, 15) is 9.90 Å². The number of carbonyl (C=O) groups excluding carboxylic acids is 1. The number of halogens is 2. The molecule has 0 bridgehead atoms. The molecule has 0 saturated heterocycles. The summed E-state index contributed by atoms with van der Waals surface area (Å²) < 4.78 is 1.79. The molecule has 144 valence electrons. The Labute approximate surface area is 176 Å². The number of carbonyl (C=O) groups is 1. The number of phenols is 1. The first-order valence-electron chi connectivity index (χ1n) is 8.19. The molecule has 3 rings (SSSR count). The van der Waals surface area contributed by atoms with Crippen LogP contribution in [0.5, 0.6) is 5.75 Å². The molecule has 0 aliphatic carbocycles. The number of amides is 1. The van der Waals surface area contributed by atoms with E-state index in [-0.39, 0.29) is 17.4 Å². The predicted molar refractivity (Wildman–Crippen MR) is 113 cm³/mol. The summed E-state index contributed by atoms with van der Waals surface area (Å²) in [5, 5.41) is 22.6. The highest BCUT2D eigenvalue weighted by atomic mass is 35.5. The Hall–Kier alpha value is -2.48. The molecule has 0 radical (unpaired) electrons. The van der Waals surface area contributed by atoms with Crippen LogP contribution in [-0.2, 0) is 11.3 Å². The van der Waals surface area contributed by atoms with Crippen LogP contribution >= 0.6 is 35.0 Å². The monoisotopic (exact) mass is 434 g/mol. The minimum absolute atomic E-state index is 0.104. The van der Waals surface area contributed by atoms with Gasteiger partial charge in [0.05, 0.1) is 11.3 Å². The van der Waals surface area contributed by atoms with E-state index in [1.54, 1.807) is 53.1 Å². The van der Waals surface area contributed by atoms with Crippen LogP contribution in [0.1, 0.15) is 0 Å². The zero-order chi connectivity index (χ0) is 20.1. The molecule has 2 aromatic carbocycles. The van der Waals surface area contributed by atoms with Gasteiger partial charge in [0.2, 0.25) is 5.91 Å². The number of anilines is 1. The highest BCUT2D eigenvalue weighted by Crippen LogP contribution is 2.30. The molecule has 9 heteroatoms. The minimum atomic E-state index is -0.236. The molecular weight excluding hydrogens is 419 g/mol. The highest BCUT2D eigenvalue weighted by Gasteiger charge is 2.17. The van der Waals surface area contributed by atoms with Crippen LogP contribution in [0.4, 0.5) is 5.69 Å². The number of nitrogens with zero attached hydrogens (tertiary/aromatic N) is 3. The number of nitrogens with one attached hydrogen (secondary N) is 1. The number of benzene rings is 2. The fourth-order valence-electron chi connectivity index (χ4n) is 2.50. The second-order valence-corrected chi connectivity index (χ2v) is 7.53. The van der Waals surface area contributed by atoms with Gasteiger partial charge in [0.25, 0.3) is 0 Å². The number of thioether (sulfide) groups is 1. The van der Waals surface area contributed by atoms with Crippen molar-refractivity contribution in [2.24, 2.45) is 0 Å². The predicted octanol–water partition coefficient (Wildman–Crippen LogP) is 4.87. The van der Waals surface area contributed by atoms with Crippen molar-refractivity contribution < 1.29 is 9.90 Å². The number of aromatic hydroxyl groups is 1. The second kappa shape index (κ2) is 9.14. The molecule has 0 aliphatic rings.